The predicted octanol–water partition coefficient (Wildman–Crippen LogP) is 1.05. The van der Waals surface area contributed by atoms with Gasteiger partial charge in [0.05, 0.1) is 0 Å². The second kappa shape index (κ2) is 3.62. The smallest absolute Gasteiger partial charge is 0.0230 e. The van der Waals surface area contributed by atoms with Crippen molar-refractivity contribution in [2.24, 2.45) is 5.92 Å². The molecule has 0 spiro atoms. The highest BCUT2D eigenvalue weighted by atomic mass is 14.9. The Morgan fingerprint density at radius 1 is 1.55 bits per heavy atom. The van der Waals surface area contributed by atoms with Gasteiger partial charge in [-0.15, -0.1) is 0 Å². The van der Waals surface area contributed by atoms with Gasteiger partial charge in [0.25, 0.3) is 0 Å². The lowest BCUT2D eigenvalue weighted by Crippen LogP contribution is -2.18. The van der Waals surface area contributed by atoms with E-state index in [1.165, 1.54) is 0 Å². The van der Waals surface area contributed by atoms with Crippen LogP contribution in [0.2, 0.25) is 0 Å². The molecule has 11 heavy (non-hydrogen) atoms. The molecule has 0 aromatic rings. The van der Waals surface area contributed by atoms with Crippen LogP contribution in [0, 0.1) is 16.7 Å². The van der Waals surface area contributed by atoms with Crippen molar-refractivity contribution in [2.45, 2.75) is 19.8 Å². The second-order valence-electron chi connectivity index (χ2n) is 3.17. The molecule has 0 aromatic heterocycles. The van der Waals surface area contributed by atoms with Crippen LogP contribution in [-0.4, -0.2) is 24.5 Å². The van der Waals surface area contributed by atoms with Crippen molar-refractivity contribution in [3.8, 4) is 0 Å². The molecule has 1 aliphatic rings. The number of hydrogen-bond donors (Lipinski definition) is 3. The van der Waals surface area contributed by atoms with Crippen LogP contribution in [0.3, 0.4) is 0 Å². The minimum absolute atomic E-state index is 0.398. The molecule has 0 bridgehead atoms. The van der Waals surface area contributed by atoms with E-state index >= 15 is 0 Å². The van der Waals surface area contributed by atoms with Crippen molar-refractivity contribution in [3.63, 3.8) is 0 Å². The quantitative estimate of drug-likeness (QED) is 0.521. The summed E-state index contributed by atoms with van der Waals surface area (Å²) in [6.07, 6.45) is 1.64. The molecular weight excluding hydrogens is 138 g/mol. The molecule has 0 aromatic carbocycles. The molecule has 1 heterocycles. The van der Waals surface area contributed by atoms with Crippen LogP contribution in [0.4, 0.5) is 0 Å². The van der Waals surface area contributed by atoms with Gasteiger partial charge in [0.15, 0.2) is 0 Å². The molecule has 3 nitrogen and oxygen atoms in total. The van der Waals surface area contributed by atoms with E-state index in [1.54, 1.807) is 6.92 Å². The Hall–Kier alpha value is -0.700. The van der Waals surface area contributed by atoms with E-state index in [0.717, 1.165) is 25.2 Å². The summed E-state index contributed by atoms with van der Waals surface area (Å²) in [5.41, 5.74) is 1.32. The normalized spacial score (nSPS) is 23.5. The lowest BCUT2D eigenvalue weighted by Gasteiger charge is -2.08. The summed E-state index contributed by atoms with van der Waals surface area (Å²) in [5, 5.41) is 18.1. The molecule has 1 atom stereocenters. The van der Waals surface area contributed by atoms with E-state index in [9.17, 15) is 0 Å². The van der Waals surface area contributed by atoms with E-state index < -0.39 is 0 Å². The summed E-state index contributed by atoms with van der Waals surface area (Å²) >= 11 is 0. The topological polar surface area (TPSA) is 59.7 Å². The minimum Gasteiger partial charge on any atom is -0.316 e. The van der Waals surface area contributed by atoms with Crippen LogP contribution in [-0.2, 0) is 0 Å². The van der Waals surface area contributed by atoms with Gasteiger partial charge in [-0.05, 0) is 19.9 Å². The largest absolute Gasteiger partial charge is 0.316 e. The van der Waals surface area contributed by atoms with Crippen LogP contribution >= 0.6 is 0 Å². The van der Waals surface area contributed by atoms with E-state index in [1.807, 2.05) is 0 Å². The van der Waals surface area contributed by atoms with Crippen LogP contribution in [0.5, 0.6) is 0 Å². The monoisotopic (exact) mass is 153 g/mol. The van der Waals surface area contributed by atoms with Gasteiger partial charge in [-0.25, -0.2) is 0 Å². The van der Waals surface area contributed by atoms with Gasteiger partial charge in [-0.3, -0.25) is 0 Å². The maximum Gasteiger partial charge on any atom is 0.0230 e. The molecule has 1 rings (SSSR count). The summed E-state index contributed by atoms with van der Waals surface area (Å²) in [5.74, 6) is 0.398. The standard InChI is InChI=1S/C8H15N3/c1-6(9)4-8(10)7-2-3-11-5-7/h7,9-11H,2-5H2,1H3. The second-order valence-corrected chi connectivity index (χ2v) is 3.17. The number of rotatable bonds is 3. The zero-order valence-electron chi connectivity index (χ0n) is 6.91. The van der Waals surface area contributed by atoms with E-state index in [-0.39, 0.29) is 0 Å². The zero-order valence-corrected chi connectivity index (χ0v) is 6.91. The van der Waals surface area contributed by atoms with Crippen LogP contribution in [0.15, 0.2) is 0 Å². The fourth-order valence-corrected chi connectivity index (χ4v) is 1.38. The molecular formula is C8H15N3. The predicted molar refractivity (Wildman–Crippen MR) is 46.7 cm³/mol. The van der Waals surface area contributed by atoms with Crippen molar-refractivity contribution < 1.29 is 0 Å². The van der Waals surface area contributed by atoms with E-state index in [4.69, 9.17) is 10.8 Å². The highest BCUT2D eigenvalue weighted by Gasteiger charge is 2.18. The average molecular weight is 153 g/mol. The SMILES string of the molecule is CC(=N)CC(=N)C1CCNC1. The Morgan fingerprint density at radius 3 is 2.73 bits per heavy atom. The lowest BCUT2D eigenvalue weighted by atomic mass is 9.98. The Bertz CT molecular complexity index is 168. The minimum atomic E-state index is 0.398. The molecule has 0 radical (unpaired) electrons. The molecule has 1 aliphatic heterocycles. The van der Waals surface area contributed by atoms with Crippen molar-refractivity contribution in [2.75, 3.05) is 13.1 Å². The van der Waals surface area contributed by atoms with Gasteiger partial charge < -0.3 is 16.1 Å². The van der Waals surface area contributed by atoms with Crippen molar-refractivity contribution in [1.29, 1.82) is 10.8 Å². The van der Waals surface area contributed by atoms with Gasteiger partial charge in [-0.1, -0.05) is 0 Å². The molecule has 1 unspecified atom stereocenters. The Labute approximate surface area is 67.2 Å². The third kappa shape index (κ3) is 2.42. The fraction of sp³-hybridized carbons (Fsp3) is 0.750. The number of nitrogens with one attached hydrogen (secondary N) is 3. The molecule has 3 N–H and O–H groups in total. The highest BCUT2D eigenvalue weighted by Crippen LogP contribution is 2.11. The summed E-state index contributed by atoms with van der Waals surface area (Å²) < 4.78 is 0. The molecule has 0 aliphatic carbocycles. The van der Waals surface area contributed by atoms with Crippen LogP contribution < -0.4 is 5.32 Å². The Kier molecular flexibility index (Phi) is 2.76. The molecule has 0 amide bonds. The van der Waals surface area contributed by atoms with Gasteiger partial charge in [0.2, 0.25) is 0 Å². The van der Waals surface area contributed by atoms with Crippen molar-refractivity contribution >= 4 is 11.4 Å². The lowest BCUT2D eigenvalue weighted by molar-refractivity contribution is 0.757. The maximum atomic E-state index is 7.64. The van der Waals surface area contributed by atoms with Crippen molar-refractivity contribution in [1.82, 2.24) is 5.32 Å². The Balaban J connectivity index is 2.34. The first-order valence-corrected chi connectivity index (χ1v) is 4.02. The third-order valence-electron chi connectivity index (χ3n) is 2.01. The van der Waals surface area contributed by atoms with E-state index in [2.05, 4.69) is 5.32 Å². The van der Waals surface area contributed by atoms with Gasteiger partial charge in [0, 0.05) is 30.3 Å². The molecule has 1 saturated heterocycles. The van der Waals surface area contributed by atoms with Crippen LogP contribution in [0.1, 0.15) is 19.8 Å². The molecule has 1 fully saturated rings. The van der Waals surface area contributed by atoms with Gasteiger partial charge >= 0.3 is 0 Å². The Morgan fingerprint density at radius 2 is 2.27 bits per heavy atom. The van der Waals surface area contributed by atoms with E-state index in [0.29, 0.717) is 18.1 Å². The molecule has 0 saturated carbocycles. The fourth-order valence-electron chi connectivity index (χ4n) is 1.38. The van der Waals surface area contributed by atoms with Gasteiger partial charge in [0.1, 0.15) is 0 Å². The summed E-state index contributed by atoms with van der Waals surface area (Å²) in [6, 6.07) is 0. The summed E-state index contributed by atoms with van der Waals surface area (Å²) in [6.45, 7) is 3.73. The first kappa shape index (κ1) is 8.40. The van der Waals surface area contributed by atoms with Crippen molar-refractivity contribution in [3.05, 3.63) is 0 Å². The number of hydrogen-bond acceptors (Lipinski definition) is 3. The first-order valence-electron chi connectivity index (χ1n) is 4.02. The van der Waals surface area contributed by atoms with Gasteiger partial charge in [-0.2, -0.15) is 0 Å². The zero-order chi connectivity index (χ0) is 8.27. The van der Waals surface area contributed by atoms with Crippen LogP contribution in [0.25, 0.3) is 0 Å². The maximum absolute atomic E-state index is 7.64. The molecule has 3 heteroatoms. The summed E-state index contributed by atoms with van der Waals surface area (Å²) in [7, 11) is 0. The summed E-state index contributed by atoms with van der Waals surface area (Å²) in [4.78, 5) is 0. The molecule has 62 valence electrons. The highest BCUT2D eigenvalue weighted by molar-refractivity contribution is 6.01. The first-order chi connectivity index (χ1) is 5.20. The third-order valence-corrected chi connectivity index (χ3v) is 2.01. The average Bonchev–Trinajstić information content (AvgIpc) is 2.35.